The number of aliphatic carboxylic acids is 1. The molecule has 0 aromatic rings. The predicted octanol–water partition coefficient (Wildman–Crippen LogP) is 0.943. The first kappa shape index (κ1) is 46.1. The highest BCUT2D eigenvalue weighted by Crippen LogP contribution is 2.03. The zero-order chi connectivity index (χ0) is 37.6. The lowest BCUT2D eigenvalue weighted by atomic mass is 10.2. The van der Waals surface area contributed by atoms with Crippen LogP contribution in [0.25, 0.3) is 0 Å². The molecule has 0 unspecified atom stereocenters. The fourth-order valence-corrected chi connectivity index (χ4v) is 4.16. The van der Waals surface area contributed by atoms with E-state index in [1.165, 1.54) is 0 Å². The fourth-order valence-electron chi connectivity index (χ4n) is 4.16. The minimum atomic E-state index is -1.12. The van der Waals surface area contributed by atoms with E-state index in [2.05, 4.69) is 27.9 Å². The van der Waals surface area contributed by atoms with Gasteiger partial charge in [0.05, 0.1) is 13.0 Å². The molecule has 0 rings (SSSR count). The molecule has 0 radical (unpaired) electrons. The molecular weight excluding hydrogens is 662 g/mol. The first-order chi connectivity index (χ1) is 23.9. The van der Waals surface area contributed by atoms with E-state index in [0.29, 0.717) is 68.3 Å². The summed E-state index contributed by atoms with van der Waals surface area (Å²) >= 11 is 0. The van der Waals surface area contributed by atoms with Gasteiger partial charge in [0.15, 0.2) is 0 Å². The number of carboxylic acid groups (broad SMARTS) is 1. The lowest BCUT2D eigenvalue weighted by molar-refractivity contribution is -0.432. The molecule has 0 aromatic heterocycles. The second-order valence-electron chi connectivity index (χ2n) is 11.4. The number of nitrogens with one attached hydrogen (secondary N) is 4. The van der Waals surface area contributed by atoms with Crippen molar-refractivity contribution < 1.29 is 59.1 Å². The van der Waals surface area contributed by atoms with Crippen LogP contribution in [0.5, 0.6) is 0 Å². The van der Waals surface area contributed by atoms with Crippen LogP contribution >= 0.6 is 0 Å². The third kappa shape index (κ3) is 26.0. The van der Waals surface area contributed by atoms with Crippen molar-refractivity contribution in [2.75, 3.05) is 45.8 Å². The molecule has 0 aliphatic rings. The molecule has 0 bridgehead atoms. The van der Waals surface area contributed by atoms with Gasteiger partial charge in [-0.2, -0.15) is 10.5 Å². The number of carboxylic acids is 1. The van der Waals surface area contributed by atoms with Crippen molar-refractivity contribution in [3.05, 3.63) is 0 Å². The van der Waals surface area contributed by atoms with Gasteiger partial charge in [0.2, 0.25) is 29.5 Å². The summed E-state index contributed by atoms with van der Waals surface area (Å²) in [7, 11) is 0. The molecule has 0 saturated carbocycles. The van der Waals surface area contributed by atoms with E-state index in [9.17, 15) is 44.0 Å². The van der Waals surface area contributed by atoms with Crippen LogP contribution in [0.1, 0.15) is 110 Å². The van der Waals surface area contributed by atoms with Crippen molar-refractivity contribution in [2.45, 2.75) is 110 Å². The molecule has 19 heteroatoms. The summed E-state index contributed by atoms with van der Waals surface area (Å²) in [4.78, 5) is 91.6. The molecule has 0 fully saturated rings. The zero-order valence-electron chi connectivity index (χ0n) is 29.4. The topological polar surface area (TPSA) is 256 Å². The maximum absolute atomic E-state index is 12.3. The summed E-state index contributed by atoms with van der Waals surface area (Å²) in [5, 5.41) is 38.3. The lowest BCUT2D eigenvalue weighted by Gasteiger charge is -2.18. The second-order valence-corrected chi connectivity index (χ2v) is 11.4. The van der Waals surface area contributed by atoms with Crippen molar-refractivity contribution in [3.8, 4) is 0 Å². The number of unbranched alkanes of at least 4 members (excludes halogenated alkanes) is 6. The molecule has 0 aliphatic carbocycles. The van der Waals surface area contributed by atoms with Gasteiger partial charge in [0, 0.05) is 64.8 Å². The molecule has 19 nitrogen and oxygen atoms in total. The summed E-state index contributed by atoms with van der Waals surface area (Å²) in [6.07, 6.45) is 5.49. The van der Waals surface area contributed by atoms with Crippen molar-refractivity contribution in [3.63, 3.8) is 0 Å². The predicted molar refractivity (Wildman–Crippen MR) is 176 cm³/mol. The van der Waals surface area contributed by atoms with Gasteiger partial charge in [-0.1, -0.05) is 36.2 Å². The molecular formula is C31H57N7O12. The van der Waals surface area contributed by atoms with Crippen LogP contribution < -0.4 is 21.4 Å². The van der Waals surface area contributed by atoms with E-state index >= 15 is 0 Å². The van der Waals surface area contributed by atoms with Crippen LogP contribution in [0, 0.1) is 0 Å². The standard InChI is InChI=1S/C31H57N7O12/c1-3-5-8-20-33-25(39)13-15-28(42)36(47)22-11-6-9-19-32-24-27(41)35-49-50-38(4-2)30(44)16-14-26(40)34-21-10-7-12-23-37(48)29(43)17-18-31(45)46/h32,47-48H,3-24H2,1-2H3,(H,33,39)(H,34,40)(H,35,41)(H,45,46). The highest BCUT2D eigenvalue weighted by molar-refractivity contribution is 5.84. The largest absolute Gasteiger partial charge is 0.481 e. The molecule has 0 atom stereocenters. The van der Waals surface area contributed by atoms with Crippen LogP contribution in [0.4, 0.5) is 0 Å². The van der Waals surface area contributed by atoms with E-state index in [1.807, 2.05) is 5.48 Å². The molecule has 0 heterocycles. The average Bonchev–Trinajstić information content (AvgIpc) is 3.09. The fraction of sp³-hybridized carbons (Fsp3) is 0.774. The number of hydroxylamine groups is 7. The monoisotopic (exact) mass is 719 g/mol. The smallest absolute Gasteiger partial charge is 0.303 e. The summed E-state index contributed by atoms with van der Waals surface area (Å²) < 4.78 is 0. The maximum Gasteiger partial charge on any atom is 0.303 e. The molecule has 0 spiro atoms. The summed E-state index contributed by atoms with van der Waals surface area (Å²) in [6.45, 7) is 5.23. The number of rotatable bonds is 31. The van der Waals surface area contributed by atoms with Gasteiger partial charge in [-0.25, -0.2) is 10.1 Å². The van der Waals surface area contributed by atoms with E-state index in [0.717, 1.165) is 24.3 Å². The molecule has 50 heavy (non-hydrogen) atoms. The highest BCUT2D eigenvalue weighted by Gasteiger charge is 2.17. The summed E-state index contributed by atoms with van der Waals surface area (Å²) in [5.74, 6) is -3.99. The van der Waals surface area contributed by atoms with Crippen molar-refractivity contribution >= 4 is 41.4 Å². The summed E-state index contributed by atoms with van der Waals surface area (Å²) in [6, 6.07) is 0. The number of carbonyl (C=O) groups is 7. The Labute approximate surface area is 293 Å². The van der Waals surface area contributed by atoms with Crippen LogP contribution in [0.2, 0.25) is 0 Å². The van der Waals surface area contributed by atoms with Gasteiger partial charge in [-0.3, -0.25) is 44.0 Å². The zero-order valence-corrected chi connectivity index (χ0v) is 29.4. The van der Waals surface area contributed by atoms with Gasteiger partial charge in [0.25, 0.3) is 5.91 Å². The quantitative estimate of drug-likeness (QED) is 0.0228. The Kier molecular flexibility index (Phi) is 27.6. The molecule has 0 saturated heterocycles. The highest BCUT2D eigenvalue weighted by atomic mass is 17.3. The second kappa shape index (κ2) is 30.0. The third-order valence-electron chi connectivity index (χ3n) is 7.09. The van der Waals surface area contributed by atoms with E-state index in [4.69, 9.17) is 10.1 Å². The Bertz CT molecular complexity index is 1030. The minimum absolute atomic E-state index is 0.0267. The number of carbonyl (C=O) groups excluding carboxylic acids is 6. The Morgan fingerprint density at radius 2 is 1.08 bits per heavy atom. The molecule has 288 valence electrons. The molecule has 6 amide bonds. The average molecular weight is 720 g/mol. The Balaban J connectivity index is 3.90. The number of hydrogen-bond donors (Lipinski definition) is 7. The van der Waals surface area contributed by atoms with Gasteiger partial charge in [-0.05, 0) is 52.0 Å². The van der Waals surface area contributed by atoms with Crippen LogP contribution in [-0.4, -0.2) is 118 Å². The number of nitrogens with zero attached hydrogens (tertiary/aromatic N) is 3. The van der Waals surface area contributed by atoms with E-state index in [1.54, 1.807) is 6.92 Å². The Morgan fingerprint density at radius 1 is 0.580 bits per heavy atom. The van der Waals surface area contributed by atoms with E-state index in [-0.39, 0.29) is 76.5 Å². The van der Waals surface area contributed by atoms with Gasteiger partial charge in [0.1, 0.15) is 0 Å². The molecule has 0 aliphatic heterocycles. The number of amides is 6. The van der Waals surface area contributed by atoms with Crippen LogP contribution in [0.3, 0.4) is 0 Å². The van der Waals surface area contributed by atoms with Crippen LogP contribution in [-0.2, 0) is 43.5 Å². The third-order valence-corrected chi connectivity index (χ3v) is 7.09. The normalized spacial score (nSPS) is 10.6. The minimum Gasteiger partial charge on any atom is -0.481 e. The molecule has 0 aromatic carbocycles. The number of hydrogen-bond acceptors (Lipinski definition) is 12. The molecule has 7 N–H and O–H groups in total. The van der Waals surface area contributed by atoms with E-state index < -0.39 is 29.6 Å². The Morgan fingerprint density at radius 3 is 1.60 bits per heavy atom. The Hall–Kier alpha value is -3.91. The van der Waals surface area contributed by atoms with Crippen LogP contribution in [0.15, 0.2) is 0 Å². The van der Waals surface area contributed by atoms with Crippen molar-refractivity contribution in [2.24, 2.45) is 0 Å². The summed E-state index contributed by atoms with van der Waals surface area (Å²) in [5.41, 5.74) is 2.04. The maximum atomic E-state index is 12.3. The van der Waals surface area contributed by atoms with Gasteiger partial charge in [-0.15, -0.1) is 0 Å². The van der Waals surface area contributed by atoms with Crippen molar-refractivity contribution in [1.29, 1.82) is 0 Å². The van der Waals surface area contributed by atoms with Crippen molar-refractivity contribution in [1.82, 2.24) is 36.6 Å². The van der Waals surface area contributed by atoms with Gasteiger partial charge < -0.3 is 21.1 Å². The van der Waals surface area contributed by atoms with Gasteiger partial charge >= 0.3 is 5.97 Å². The lowest BCUT2D eigenvalue weighted by Crippen LogP contribution is -2.38. The SMILES string of the molecule is CCCCCNC(=O)CCC(=O)N(O)CCCCCNCC(=O)NOON(CC)C(=O)CCC(=O)NCCCCCN(O)C(=O)CCC(=O)O. The first-order valence-electron chi connectivity index (χ1n) is 17.3. The first-order valence-corrected chi connectivity index (χ1v) is 17.3.